The summed E-state index contributed by atoms with van der Waals surface area (Å²) in [6.45, 7) is 5.81. The number of esters is 1. The first-order valence-corrected chi connectivity index (χ1v) is 6.80. The van der Waals surface area contributed by atoms with E-state index in [-0.39, 0.29) is 6.10 Å². The molecular weight excluding hydrogens is 260 g/mol. The van der Waals surface area contributed by atoms with Crippen LogP contribution in [-0.4, -0.2) is 57.4 Å². The van der Waals surface area contributed by atoms with Crippen molar-refractivity contribution in [3.8, 4) is 0 Å². The lowest BCUT2D eigenvalue weighted by atomic mass is 10.2. The predicted octanol–water partition coefficient (Wildman–Crippen LogP) is 0.795. The lowest BCUT2D eigenvalue weighted by molar-refractivity contribution is -0.0310. The zero-order chi connectivity index (χ0) is 14.5. The van der Waals surface area contributed by atoms with Crippen molar-refractivity contribution in [1.29, 1.82) is 0 Å². The normalized spacial score (nSPS) is 20.1. The van der Waals surface area contributed by atoms with Crippen molar-refractivity contribution in [2.24, 2.45) is 0 Å². The molecule has 1 aromatic heterocycles. The van der Waals surface area contributed by atoms with Crippen LogP contribution in [0.1, 0.15) is 21.9 Å². The van der Waals surface area contributed by atoms with E-state index in [0.717, 1.165) is 37.6 Å². The van der Waals surface area contributed by atoms with Crippen molar-refractivity contribution in [1.82, 2.24) is 10.2 Å². The maximum atomic E-state index is 11.5. The number of carbonyl (C=O) groups excluding carboxylic acids is 1. The van der Waals surface area contributed by atoms with Crippen LogP contribution in [0.3, 0.4) is 0 Å². The number of ether oxygens (including phenoxy) is 2. The second kappa shape index (κ2) is 6.88. The summed E-state index contributed by atoms with van der Waals surface area (Å²) < 4.78 is 15.9. The smallest absolute Gasteiger partial charge is 0.374 e. The Kier molecular flexibility index (Phi) is 5.17. The molecule has 2 heterocycles. The van der Waals surface area contributed by atoms with E-state index in [0.29, 0.717) is 12.3 Å². The molecule has 0 aliphatic carbocycles. The first-order chi connectivity index (χ1) is 9.63. The quantitative estimate of drug-likeness (QED) is 0.806. The molecule has 1 unspecified atom stereocenters. The summed E-state index contributed by atoms with van der Waals surface area (Å²) in [6, 6.07) is 1.90. The Labute approximate surface area is 119 Å². The standard InChI is InChI=1S/C14H22N2O4/c1-10-6-11(20-13(10)14(17)18-3)8-16-4-5-19-12(9-16)7-15-2/h6,12,15H,4-5,7-9H2,1-3H3. The van der Waals surface area contributed by atoms with Gasteiger partial charge in [-0.1, -0.05) is 0 Å². The van der Waals surface area contributed by atoms with E-state index in [1.165, 1.54) is 7.11 Å². The fraction of sp³-hybridized carbons (Fsp3) is 0.643. The number of nitrogens with zero attached hydrogens (tertiary/aromatic N) is 1. The average molecular weight is 282 g/mol. The SMILES string of the molecule is CNCC1CN(Cc2cc(C)c(C(=O)OC)o2)CCO1. The highest BCUT2D eigenvalue weighted by atomic mass is 16.5. The zero-order valence-electron chi connectivity index (χ0n) is 12.3. The molecule has 112 valence electrons. The highest BCUT2D eigenvalue weighted by Gasteiger charge is 2.22. The van der Waals surface area contributed by atoms with Crippen LogP contribution in [-0.2, 0) is 16.0 Å². The molecule has 2 rings (SSSR count). The molecule has 20 heavy (non-hydrogen) atoms. The van der Waals surface area contributed by atoms with E-state index in [1.54, 1.807) is 0 Å². The Morgan fingerprint density at radius 3 is 3.10 bits per heavy atom. The van der Waals surface area contributed by atoms with Gasteiger partial charge in [-0.15, -0.1) is 0 Å². The molecule has 1 aliphatic heterocycles. The van der Waals surface area contributed by atoms with E-state index >= 15 is 0 Å². The first kappa shape index (κ1) is 15.0. The third kappa shape index (κ3) is 3.59. The zero-order valence-corrected chi connectivity index (χ0v) is 12.3. The summed E-state index contributed by atoms with van der Waals surface area (Å²) in [5.41, 5.74) is 0.812. The van der Waals surface area contributed by atoms with Crippen molar-refractivity contribution in [3.63, 3.8) is 0 Å². The molecule has 6 heteroatoms. The second-order valence-corrected chi connectivity index (χ2v) is 5.00. The van der Waals surface area contributed by atoms with Crippen molar-refractivity contribution < 1.29 is 18.7 Å². The number of methoxy groups -OCH3 is 1. The minimum atomic E-state index is -0.427. The van der Waals surface area contributed by atoms with Gasteiger partial charge >= 0.3 is 5.97 Å². The van der Waals surface area contributed by atoms with Gasteiger partial charge in [-0.3, -0.25) is 4.90 Å². The summed E-state index contributed by atoms with van der Waals surface area (Å²) in [5, 5.41) is 3.12. The number of furan rings is 1. The van der Waals surface area contributed by atoms with Crippen LogP contribution in [0.15, 0.2) is 10.5 Å². The number of likely N-dealkylation sites (N-methyl/N-ethyl adjacent to an activating group) is 1. The number of carbonyl (C=O) groups is 1. The molecule has 1 aliphatic rings. The highest BCUT2D eigenvalue weighted by Crippen LogP contribution is 2.18. The van der Waals surface area contributed by atoms with Gasteiger partial charge in [0, 0.05) is 25.2 Å². The van der Waals surface area contributed by atoms with Crippen LogP contribution in [0.5, 0.6) is 0 Å². The van der Waals surface area contributed by atoms with Crippen LogP contribution >= 0.6 is 0 Å². The molecule has 0 amide bonds. The minimum absolute atomic E-state index is 0.199. The lowest BCUT2D eigenvalue weighted by Gasteiger charge is -2.32. The minimum Gasteiger partial charge on any atom is -0.463 e. The predicted molar refractivity (Wildman–Crippen MR) is 73.7 cm³/mol. The molecule has 1 saturated heterocycles. The number of morpholine rings is 1. The number of aryl methyl sites for hydroxylation is 1. The molecule has 0 saturated carbocycles. The number of rotatable bonds is 5. The summed E-state index contributed by atoms with van der Waals surface area (Å²) >= 11 is 0. The Hall–Kier alpha value is -1.37. The first-order valence-electron chi connectivity index (χ1n) is 6.80. The lowest BCUT2D eigenvalue weighted by Crippen LogP contribution is -2.45. The van der Waals surface area contributed by atoms with E-state index in [9.17, 15) is 4.79 Å². The Morgan fingerprint density at radius 1 is 1.60 bits per heavy atom. The maximum Gasteiger partial charge on any atom is 0.374 e. The fourth-order valence-electron chi connectivity index (χ4n) is 2.42. The third-order valence-corrected chi connectivity index (χ3v) is 3.37. The molecular formula is C14H22N2O4. The van der Waals surface area contributed by atoms with Gasteiger partial charge in [0.2, 0.25) is 5.76 Å². The molecule has 0 radical (unpaired) electrons. The van der Waals surface area contributed by atoms with Gasteiger partial charge in [-0.2, -0.15) is 0 Å². The van der Waals surface area contributed by atoms with E-state index in [1.807, 2.05) is 20.0 Å². The molecule has 0 spiro atoms. The number of nitrogens with one attached hydrogen (secondary N) is 1. The second-order valence-electron chi connectivity index (χ2n) is 5.00. The topological polar surface area (TPSA) is 63.9 Å². The molecule has 6 nitrogen and oxygen atoms in total. The van der Waals surface area contributed by atoms with Crippen LogP contribution in [0.4, 0.5) is 0 Å². The average Bonchev–Trinajstić information content (AvgIpc) is 2.79. The van der Waals surface area contributed by atoms with Gasteiger partial charge in [-0.05, 0) is 20.0 Å². The van der Waals surface area contributed by atoms with Gasteiger partial charge in [0.15, 0.2) is 0 Å². The van der Waals surface area contributed by atoms with Crippen molar-refractivity contribution in [2.45, 2.75) is 19.6 Å². The number of hydrogen-bond donors (Lipinski definition) is 1. The summed E-state index contributed by atoms with van der Waals surface area (Å²) in [5.74, 6) is 0.652. The van der Waals surface area contributed by atoms with Gasteiger partial charge in [0.25, 0.3) is 0 Å². The van der Waals surface area contributed by atoms with Crippen LogP contribution in [0.2, 0.25) is 0 Å². The third-order valence-electron chi connectivity index (χ3n) is 3.37. The molecule has 0 aromatic carbocycles. The summed E-state index contributed by atoms with van der Waals surface area (Å²) in [6.07, 6.45) is 0.199. The maximum absolute atomic E-state index is 11.5. The Bertz CT molecular complexity index is 456. The van der Waals surface area contributed by atoms with Crippen LogP contribution in [0, 0.1) is 6.92 Å². The Morgan fingerprint density at radius 2 is 2.40 bits per heavy atom. The molecule has 1 atom stereocenters. The fourth-order valence-corrected chi connectivity index (χ4v) is 2.42. The Balaban J connectivity index is 1.97. The van der Waals surface area contributed by atoms with Crippen molar-refractivity contribution >= 4 is 5.97 Å². The largest absolute Gasteiger partial charge is 0.463 e. The molecule has 1 N–H and O–H groups in total. The monoisotopic (exact) mass is 282 g/mol. The van der Waals surface area contributed by atoms with Gasteiger partial charge in [0.1, 0.15) is 5.76 Å². The van der Waals surface area contributed by atoms with Crippen LogP contribution in [0.25, 0.3) is 0 Å². The van der Waals surface area contributed by atoms with Crippen molar-refractivity contribution in [3.05, 3.63) is 23.2 Å². The van der Waals surface area contributed by atoms with Gasteiger partial charge < -0.3 is 19.2 Å². The van der Waals surface area contributed by atoms with Gasteiger partial charge in [0.05, 0.1) is 26.4 Å². The molecule has 1 aromatic rings. The van der Waals surface area contributed by atoms with E-state index in [4.69, 9.17) is 13.9 Å². The van der Waals surface area contributed by atoms with Gasteiger partial charge in [-0.25, -0.2) is 4.79 Å². The highest BCUT2D eigenvalue weighted by molar-refractivity contribution is 5.87. The summed E-state index contributed by atoms with van der Waals surface area (Å²) in [4.78, 5) is 13.8. The summed E-state index contributed by atoms with van der Waals surface area (Å²) in [7, 11) is 3.27. The van der Waals surface area contributed by atoms with Crippen LogP contribution < -0.4 is 5.32 Å². The van der Waals surface area contributed by atoms with Crippen molar-refractivity contribution in [2.75, 3.05) is 40.4 Å². The van der Waals surface area contributed by atoms with E-state index in [2.05, 4.69) is 10.2 Å². The number of hydrogen-bond acceptors (Lipinski definition) is 6. The molecule has 0 bridgehead atoms. The molecule has 1 fully saturated rings. The van der Waals surface area contributed by atoms with E-state index < -0.39 is 5.97 Å².